The maximum atomic E-state index is 12.4. The normalized spacial score (nSPS) is 17.6. The van der Waals surface area contributed by atoms with E-state index >= 15 is 0 Å². The van der Waals surface area contributed by atoms with E-state index in [9.17, 15) is 8.42 Å². The highest BCUT2D eigenvalue weighted by molar-refractivity contribution is 7.89. The first kappa shape index (κ1) is 14.5. The Morgan fingerprint density at radius 2 is 1.95 bits per heavy atom. The van der Waals surface area contributed by atoms with E-state index in [1.54, 1.807) is 24.1 Å². The summed E-state index contributed by atoms with van der Waals surface area (Å²) in [5.41, 5.74) is 7.13. The van der Waals surface area contributed by atoms with Crippen LogP contribution < -0.4 is 10.6 Å². The van der Waals surface area contributed by atoms with Gasteiger partial charge in [0.15, 0.2) is 0 Å². The molecule has 3 N–H and O–H groups in total. The van der Waals surface area contributed by atoms with Crippen LogP contribution >= 0.6 is 0 Å². The number of rotatable bonds is 4. The molecular formula is C13H21N3O2S. The molecule has 106 valence electrons. The van der Waals surface area contributed by atoms with Gasteiger partial charge in [-0.1, -0.05) is 18.6 Å². The average molecular weight is 283 g/mol. The molecule has 2 rings (SSSR count). The second-order valence-electron chi connectivity index (χ2n) is 4.95. The molecule has 1 fully saturated rings. The standard InChI is InChI=1S/C13H21N3O2S/c1-11-5-6-12(10-14)9-13(11)19(17,18)15-16-7-3-2-4-8-16/h5-6,9,15H,2-4,7-8,10,14H2,1H3. The molecule has 1 heterocycles. The van der Waals surface area contributed by atoms with Crippen molar-refractivity contribution in [2.24, 2.45) is 5.73 Å². The Balaban J connectivity index is 2.23. The molecule has 0 aromatic heterocycles. The molecule has 0 aliphatic carbocycles. The molecule has 0 radical (unpaired) electrons. The first-order valence-corrected chi connectivity index (χ1v) is 8.08. The fourth-order valence-corrected chi connectivity index (χ4v) is 3.68. The SMILES string of the molecule is Cc1ccc(CN)cc1S(=O)(=O)NN1CCCCC1. The molecule has 0 bridgehead atoms. The van der Waals surface area contributed by atoms with Crippen molar-refractivity contribution in [3.05, 3.63) is 29.3 Å². The molecule has 0 amide bonds. The van der Waals surface area contributed by atoms with Crippen LogP contribution in [-0.4, -0.2) is 26.5 Å². The number of nitrogens with zero attached hydrogens (tertiary/aromatic N) is 1. The first-order chi connectivity index (χ1) is 9.03. The van der Waals surface area contributed by atoms with Gasteiger partial charge in [0.25, 0.3) is 10.0 Å². The minimum atomic E-state index is -3.50. The van der Waals surface area contributed by atoms with Crippen LogP contribution in [0.4, 0.5) is 0 Å². The van der Waals surface area contributed by atoms with Gasteiger partial charge in [-0.05, 0) is 37.0 Å². The lowest BCUT2D eigenvalue weighted by Crippen LogP contribution is -2.45. The molecule has 1 aliphatic rings. The maximum absolute atomic E-state index is 12.4. The molecule has 0 saturated carbocycles. The summed E-state index contributed by atoms with van der Waals surface area (Å²) in [6, 6.07) is 5.31. The number of piperidine rings is 1. The van der Waals surface area contributed by atoms with Crippen molar-refractivity contribution in [1.82, 2.24) is 9.84 Å². The van der Waals surface area contributed by atoms with Crippen LogP contribution in [-0.2, 0) is 16.6 Å². The summed E-state index contributed by atoms with van der Waals surface area (Å²) in [5.74, 6) is 0. The predicted octanol–water partition coefficient (Wildman–Crippen LogP) is 1.13. The summed E-state index contributed by atoms with van der Waals surface area (Å²) < 4.78 is 24.8. The van der Waals surface area contributed by atoms with Crippen LogP contribution in [0.25, 0.3) is 0 Å². The monoisotopic (exact) mass is 283 g/mol. The fourth-order valence-electron chi connectivity index (χ4n) is 2.27. The average Bonchev–Trinajstić information content (AvgIpc) is 2.39. The molecular weight excluding hydrogens is 262 g/mol. The van der Waals surface area contributed by atoms with Gasteiger partial charge < -0.3 is 5.73 Å². The largest absolute Gasteiger partial charge is 0.326 e. The van der Waals surface area contributed by atoms with Crippen molar-refractivity contribution in [3.63, 3.8) is 0 Å². The Morgan fingerprint density at radius 3 is 2.58 bits per heavy atom. The third kappa shape index (κ3) is 3.54. The molecule has 5 nitrogen and oxygen atoms in total. The van der Waals surface area contributed by atoms with Crippen molar-refractivity contribution in [3.8, 4) is 0 Å². The van der Waals surface area contributed by atoms with Gasteiger partial charge in [0.2, 0.25) is 0 Å². The predicted molar refractivity (Wildman–Crippen MR) is 74.8 cm³/mol. The molecule has 0 unspecified atom stereocenters. The summed E-state index contributed by atoms with van der Waals surface area (Å²) in [7, 11) is -3.50. The molecule has 1 aliphatic heterocycles. The minimum Gasteiger partial charge on any atom is -0.326 e. The zero-order chi connectivity index (χ0) is 13.9. The molecule has 1 saturated heterocycles. The van der Waals surface area contributed by atoms with Crippen molar-refractivity contribution in [2.45, 2.75) is 37.6 Å². The Morgan fingerprint density at radius 1 is 1.26 bits per heavy atom. The lowest BCUT2D eigenvalue weighted by Gasteiger charge is -2.27. The van der Waals surface area contributed by atoms with Crippen LogP contribution in [0, 0.1) is 6.92 Å². The Bertz CT molecular complexity index is 537. The third-order valence-corrected chi connectivity index (χ3v) is 4.90. The van der Waals surface area contributed by atoms with E-state index in [-0.39, 0.29) is 0 Å². The highest BCUT2D eigenvalue weighted by Crippen LogP contribution is 2.18. The summed E-state index contributed by atoms with van der Waals surface area (Å²) in [5, 5.41) is 1.79. The van der Waals surface area contributed by atoms with Gasteiger partial charge in [-0.25, -0.2) is 13.4 Å². The maximum Gasteiger partial charge on any atom is 0.253 e. The number of benzene rings is 1. The molecule has 1 aromatic carbocycles. The number of hydrogen-bond donors (Lipinski definition) is 2. The van der Waals surface area contributed by atoms with E-state index in [0.29, 0.717) is 11.4 Å². The van der Waals surface area contributed by atoms with Crippen molar-refractivity contribution in [2.75, 3.05) is 13.1 Å². The third-order valence-electron chi connectivity index (χ3n) is 3.38. The Kier molecular flexibility index (Phi) is 4.57. The topological polar surface area (TPSA) is 75.4 Å². The van der Waals surface area contributed by atoms with E-state index in [1.807, 2.05) is 6.07 Å². The zero-order valence-corrected chi connectivity index (χ0v) is 12.0. The van der Waals surface area contributed by atoms with Crippen molar-refractivity contribution < 1.29 is 8.42 Å². The summed E-state index contributed by atoms with van der Waals surface area (Å²) in [6.07, 6.45) is 3.23. The molecule has 0 spiro atoms. The highest BCUT2D eigenvalue weighted by atomic mass is 32.2. The van der Waals surface area contributed by atoms with E-state index in [4.69, 9.17) is 5.73 Å². The number of nitrogens with two attached hydrogens (primary N) is 1. The lowest BCUT2D eigenvalue weighted by molar-refractivity contribution is 0.200. The summed E-state index contributed by atoms with van der Waals surface area (Å²) in [6.45, 7) is 3.68. The minimum absolute atomic E-state index is 0.320. The number of sulfonamides is 1. The van der Waals surface area contributed by atoms with Gasteiger partial charge in [0.1, 0.15) is 0 Å². The van der Waals surface area contributed by atoms with Crippen LogP contribution in [0.3, 0.4) is 0 Å². The first-order valence-electron chi connectivity index (χ1n) is 6.60. The van der Waals surface area contributed by atoms with E-state index < -0.39 is 10.0 Å². The lowest BCUT2D eigenvalue weighted by atomic mass is 10.1. The van der Waals surface area contributed by atoms with Crippen LogP contribution in [0.2, 0.25) is 0 Å². The fraction of sp³-hybridized carbons (Fsp3) is 0.538. The Labute approximate surface area is 114 Å². The summed E-state index contributed by atoms with van der Waals surface area (Å²) >= 11 is 0. The molecule has 0 atom stereocenters. The van der Waals surface area contributed by atoms with Gasteiger partial charge in [0, 0.05) is 19.6 Å². The van der Waals surface area contributed by atoms with Crippen LogP contribution in [0.5, 0.6) is 0 Å². The number of nitrogens with one attached hydrogen (secondary N) is 1. The molecule has 19 heavy (non-hydrogen) atoms. The highest BCUT2D eigenvalue weighted by Gasteiger charge is 2.21. The zero-order valence-electron chi connectivity index (χ0n) is 11.2. The second-order valence-corrected chi connectivity index (χ2v) is 6.58. The number of hydrogen-bond acceptors (Lipinski definition) is 4. The summed E-state index contributed by atoms with van der Waals surface area (Å²) in [4.78, 5) is 2.99. The van der Waals surface area contributed by atoms with Crippen LogP contribution in [0.1, 0.15) is 30.4 Å². The molecule has 1 aromatic rings. The van der Waals surface area contributed by atoms with Crippen LogP contribution in [0.15, 0.2) is 23.1 Å². The van der Waals surface area contributed by atoms with Gasteiger partial charge in [0.05, 0.1) is 4.90 Å². The quantitative estimate of drug-likeness (QED) is 0.868. The Hall–Kier alpha value is -0.950. The van der Waals surface area contributed by atoms with Crippen molar-refractivity contribution in [1.29, 1.82) is 0 Å². The van der Waals surface area contributed by atoms with Gasteiger partial charge in [-0.15, -0.1) is 4.83 Å². The smallest absolute Gasteiger partial charge is 0.253 e. The van der Waals surface area contributed by atoms with Gasteiger partial charge in [-0.3, -0.25) is 0 Å². The van der Waals surface area contributed by atoms with Gasteiger partial charge >= 0.3 is 0 Å². The van der Waals surface area contributed by atoms with E-state index in [0.717, 1.165) is 37.1 Å². The van der Waals surface area contributed by atoms with Crippen molar-refractivity contribution >= 4 is 10.0 Å². The van der Waals surface area contributed by atoms with Gasteiger partial charge in [-0.2, -0.15) is 0 Å². The molecule has 6 heteroatoms. The number of hydrazine groups is 1. The van der Waals surface area contributed by atoms with E-state index in [1.165, 1.54) is 6.42 Å². The second kappa shape index (κ2) is 6.00. The number of aryl methyl sites for hydroxylation is 1. The van der Waals surface area contributed by atoms with E-state index in [2.05, 4.69) is 4.83 Å².